The minimum absolute atomic E-state index is 0.477. The topological polar surface area (TPSA) is 25.2 Å². The third kappa shape index (κ3) is 2.92. The summed E-state index contributed by atoms with van der Waals surface area (Å²) in [5, 5.41) is 3.47. The molecule has 0 radical (unpaired) electrons. The molecule has 1 unspecified atom stereocenters. The Morgan fingerprint density at radius 1 is 1.35 bits per heavy atom. The van der Waals surface area contributed by atoms with E-state index in [1.807, 2.05) is 13.2 Å². The Kier molecular flexibility index (Phi) is 4.27. The van der Waals surface area contributed by atoms with Gasteiger partial charge in [-0.1, -0.05) is 26.2 Å². The van der Waals surface area contributed by atoms with Gasteiger partial charge in [0.2, 0.25) is 0 Å². The van der Waals surface area contributed by atoms with Gasteiger partial charge in [0.1, 0.15) is 5.76 Å². The van der Waals surface area contributed by atoms with E-state index < -0.39 is 0 Å². The molecule has 1 aliphatic carbocycles. The average molecular weight is 235 g/mol. The van der Waals surface area contributed by atoms with Gasteiger partial charge in [-0.25, -0.2) is 0 Å². The quantitative estimate of drug-likeness (QED) is 0.851. The van der Waals surface area contributed by atoms with E-state index in [2.05, 4.69) is 25.4 Å². The minimum atomic E-state index is 0.477. The zero-order chi connectivity index (χ0) is 12.3. The fourth-order valence-electron chi connectivity index (χ4n) is 3.23. The van der Waals surface area contributed by atoms with E-state index in [4.69, 9.17) is 4.42 Å². The first-order valence-corrected chi connectivity index (χ1v) is 6.96. The van der Waals surface area contributed by atoms with Crippen molar-refractivity contribution in [1.29, 1.82) is 0 Å². The molecule has 1 N–H and O–H groups in total. The largest absolute Gasteiger partial charge is 0.469 e. The van der Waals surface area contributed by atoms with Crippen LogP contribution in [0.2, 0.25) is 0 Å². The van der Waals surface area contributed by atoms with E-state index >= 15 is 0 Å². The van der Waals surface area contributed by atoms with Gasteiger partial charge >= 0.3 is 0 Å². The first-order valence-electron chi connectivity index (χ1n) is 6.96. The summed E-state index contributed by atoms with van der Waals surface area (Å²) in [6.45, 7) is 4.34. The standard InChI is InChI=1S/C15H25NO/c1-4-12-5-7-13(8-6-12)15(16-3)14-9-11(2)17-10-14/h9-10,12-13,15-16H,4-8H2,1-3H3. The summed E-state index contributed by atoms with van der Waals surface area (Å²) >= 11 is 0. The van der Waals surface area contributed by atoms with Gasteiger partial charge < -0.3 is 9.73 Å². The van der Waals surface area contributed by atoms with Crippen molar-refractivity contribution in [1.82, 2.24) is 5.32 Å². The molecule has 2 heteroatoms. The van der Waals surface area contributed by atoms with E-state index in [1.165, 1.54) is 37.7 Å². The van der Waals surface area contributed by atoms with Crippen molar-refractivity contribution in [3.05, 3.63) is 23.7 Å². The molecule has 0 bridgehead atoms. The van der Waals surface area contributed by atoms with Gasteiger partial charge in [0, 0.05) is 11.6 Å². The van der Waals surface area contributed by atoms with Gasteiger partial charge in [-0.15, -0.1) is 0 Å². The molecule has 2 rings (SSSR count). The molecule has 0 aromatic carbocycles. The summed E-state index contributed by atoms with van der Waals surface area (Å²) in [7, 11) is 2.07. The highest BCUT2D eigenvalue weighted by atomic mass is 16.3. The normalized spacial score (nSPS) is 27.0. The van der Waals surface area contributed by atoms with E-state index in [0.29, 0.717) is 6.04 Å². The van der Waals surface area contributed by atoms with Crippen LogP contribution in [-0.4, -0.2) is 7.05 Å². The lowest BCUT2D eigenvalue weighted by molar-refractivity contribution is 0.223. The molecule has 1 heterocycles. The van der Waals surface area contributed by atoms with Crippen LogP contribution in [0.1, 0.15) is 56.4 Å². The Hall–Kier alpha value is -0.760. The number of aryl methyl sites for hydroxylation is 1. The Morgan fingerprint density at radius 2 is 2.06 bits per heavy atom. The second-order valence-corrected chi connectivity index (χ2v) is 5.45. The molecule has 1 saturated carbocycles. The average Bonchev–Trinajstić information content (AvgIpc) is 2.78. The van der Waals surface area contributed by atoms with Crippen molar-refractivity contribution in [2.45, 2.75) is 52.0 Å². The van der Waals surface area contributed by atoms with E-state index in [-0.39, 0.29) is 0 Å². The van der Waals surface area contributed by atoms with Gasteiger partial charge in [-0.05, 0) is 44.7 Å². The van der Waals surface area contributed by atoms with E-state index in [9.17, 15) is 0 Å². The molecule has 1 aliphatic rings. The molecule has 96 valence electrons. The summed E-state index contributed by atoms with van der Waals surface area (Å²) in [6.07, 6.45) is 8.78. The number of nitrogens with one attached hydrogen (secondary N) is 1. The van der Waals surface area contributed by atoms with E-state index in [0.717, 1.165) is 17.6 Å². The molecule has 0 spiro atoms. The summed E-state index contributed by atoms with van der Waals surface area (Å²) in [5.74, 6) is 2.76. The zero-order valence-corrected chi connectivity index (χ0v) is 11.3. The van der Waals surface area contributed by atoms with Crippen LogP contribution in [0.15, 0.2) is 16.7 Å². The predicted octanol–water partition coefficient (Wildman–Crippen LogP) is 4.06. The van der Waals surface area contributed by atoms with Crippen molar-refractivity contribution < 1.29 is 4.42 Å². The summed E-state index contributed by atoms with van der Waals surface area (Å²) < 4.78 is 5.44. The molecule has 17 heavy (non-hydrogen) atoms. The molecule has 1 atom stereocenters. The van der Waals surface area contributed by atoms with Gasteiger partial charge in [-0.3, -0.25) is 0 Å². The zero-order valence-electron chi connectivity index (χ0n) is 11.3. The monoisotopic (exact) mass is 235 g/mol. The third-order valence-electron chi connectivity index (χ3n) is 4.36. The first-order chi connectivity index (χ1) is 8.24. The second kappa shape index (κ2) is 5.72. The van der Waals surface area contributed by atoms with Gasteiger partial charge in [0.15, 0.2) is 0 Å². The van der Waals surface area contributed by atoms with Crippen LogP contribution >= 0.6 is 0 Å². The third-order valence-corrected chi connectivity index (χ3v) is 4.36. The summed E-state index contributed by atoms with van der Waals surface area (Å²) in [5.41, 5.74) is 1.32. The maximum atomic E-state index is 5.44. The fraction of sp³-hybridized carbons (Fsp3) is 0.733. The van der Waals surface area contributed by atoms with Crippen LogP contribution in [0.25, 0.3) is 0 Å². The molecule has 1 fully saturated rings. The van der Waals surface area contributed by atoms with Crippen molar-refractivity contribution in [2.24, 2.45) is 11.8 Å². The van der Waals surface area contributed by atoms with Gasteiger partial charge in [-0.2, -0.15) is 0 Å². The Balaban J connectivity index is 2.00. The van der Waals surface area contributed by atoms with Crippen molar-refractivity contribution in [2.75, 3.05) is 7.05 Å². The van der Waals surface area contributed by atoms with Crippen LogP contribution in [0, 0.1) is 18.8 Å². The fourth-order valence-corrected chi connectivity index (χ4v) is 3.23. The molecular formula is C15H25NO. The molecule has 0 amide bonds. The lowest BCUT2D eigenvalue weighted by Gasteiger charge is -2.33. The maximum absolute atomic E-state index is 5.44. The van der Waals surface area contributed by atoms with Gasteiger partial charge in [0.25, 0.3) is 0 Å². The molecule has 0 saturated heterocycles. The number of furan rings is 1. The summed E-state index contributed by atoms with van der Waals surface area (Å²) in [4.78, 5) is 0. The number of rotatable bonds is 4. The number of hydrogen-bond acceptors (Lipinski definition) is 2. The van der Waals surface area contributed by atoms with Crippen LogP contribution < -0.4 is 5.32 Å². The summed E-state index contributed by atoms with van der Waals surface area (Å²) in [6, 6.07) is 2.65. The van der Waals surface area contributed by atoms with Crippen molar-refractivity contribution in [3.63, 3.8) is 0 Å². The van der Waals surface area contributed by atoms with Gasteiger partial charge in [0.05, 0.1) is 6.26 Å². The van der Waals surface area contributed by atoms with Crippen molar-refractivity contribution in [3.8, 4) is 0 Å². The smallest absolute Gasteiger partial charge is 0.101 e. The number of hydrogen-bond donors (Lipinski definition) is 1. The molecule has 2 nitrogen and oxygen atoms in total. The Labute approximate surface area is 105 Å². The van der Waals surface area contributed by atoms with Crippen molar-refractivity contribution >= 4 is 0 Å². The SMILES string of the molecule is CCC1CCC(C(NC)c2coc(C)c2)CC1. The van der Waals surface area contributed by atoms with Crippen LogP contribution in [0.3, 0.4) is 0 Å². The van der Waals surface area contributed by atoms with Crippen LogP contribution in [0.4, 0.5) is 0 Å². The highest BCUT2D eigenvalue weighted by Gasteiger charge is 2.27. The minimum Gasteiger partial charge on any atom is -0.469 e. The Bertz CT molecular complexity index is 336. The van der Waals surface area contributed by atoms with E-state index in [1.54, 1.807) is 0 Å². The lowest BCUT2D eigenvalue weighted by Crippen LogP contribution is -2.28. The van der Waals surface area contributed by atoms with Crippen LogP contribution in [0.5, 0.6) is 0 Å². The maximum Gasteiger partial charge on any atom is 0.101 e. The molecule has 0 aliphatic heterocycles. The lowest BCUT2D eigenvalue weighted by atomic mass is 9.76. The predicted molar refractivity (Wildman–Crippen MR) is 71.0 cm³/mol. The van der Waals surface area contributed by atoms with Crippen LogP contribution in [-0.2, 0) is 0 Å². The molecular weight excluding hydrogens is 210 g/mol. The first kappa shape index (κ1) is 12.7. The molecule has 1 aromatic heterocycles. The highest BCUT2D eigenvalue weighted by molar-refractivity contribution is 5.17. The Morgan fingerprint density at radius 3 is 2.53 bits per heavy atom. The second-order valence-electron chi connectivity index (χ2n) is 5.45. The molecule has 1 aromatic rings. The highest BCUT2D eigenvalue weighted by Crippen LogP contribution is 2.38.